The molecule has 0 radical (unpaired) electrons. The number of carbonyl (C=O) groups is 2. The Hall–Kier alpha value is -1.19. The molecule has 0 aromatic rings. The van der Waals surface area contributed by atoms with E-state index in [2.05, 4.69) is 0 Å². The predicted octanol–water partition coefficient (Wildman–Crippen LogP) is -2.63. The Balaban J connectivity index is 2.97. The van der Waals surface area contributed by atoms with Gasteiger partial charge in [0.2, 0.25) is 5.91 Å². The van der Waals surface area contributed by atoms with Crippen molar-refractivity contribution in [2.24, 2.45) is 5.73 Å². The minimum atomic E-state index is -4.56. The van der Waals surface area contributed by atoms with Gasteiger partial charge in [-0.25, -0.2) is 4.79 Å². The molecule has 1 fully saturated rings. The topological polar surface area (TPSA) is 139 Å². The molecule has 3 amide bonds. The second-order valence-electron chi connectivity index (χ2n) is 2.42. The molecule has 1 saturated heterocycles. The van der Waals surface area contributed by atoms with E-state index in [0.29, 0.717) is 0 Å². The molecule has 0 bridgehead atoms. The lowest BCUT2D eigenvalue weighted by atomic mass is 10.2. The molecular formula is C4H7N3O5S. The van der Waals surface area contributed by atoms with E-state index >= 15 is 0 Å². The fraction of sp³-hybridized carbons (Fsp3) is 0.500. The molecule has 1 aliphatic heterocycles. The van der Waals surface area contributed by atoms with Gasteiger partial charge in [-0.2, -0.15) is 8.42 Å². The molecule has 0 aromatic heterocycles. The second kappa shape index (κ2) is 2.94. The summed E-state index contributed by atoms with van der Waals surface area (Å²) in [5.41, 5.74) is 5.10. The zero-order valence-corrected chi connectivity index (χ0v) is 7.04. The first-order chi connectivity index (χ1) is 5.82. The summed E-state index contributed by atoms with van der Waals surface area (Å²) in [4.78, 5) is 21.4. The van der Waals surface area contributed by atoms with Crippen molar-refractivity contribution in [3.05, 3.63) is 0 Å². The predicted molar refractivity (Wildman–Crippen MR) is 40.0 cm³/mol. The van der Waals surface area contributed by atoms with Crippen LogP contribution in [-0.2, 0) is 14.9 Å². The highest BCUT2D eigenvalue weighted by atomic mass is 32.2. The lowest BCUT2D eigenvalue weighted by molar-refractivity contribution is -0.122. The summed E-state index contributed by atoms with van der Waals surface area (Å²) in [6, 6.07) is -2.51. The summed E-state index contributed by atoms with van der Waals surface area (Å²) in [6.45, 7) is 0. The molecule has 74 valence electrons. The molecule has 0 saturated carbocycles. The maximum absolute atomic E-state index is 10.8. The zero-order chi connectivity index (χ0) is 10.2. The van der Waals surface area contributed by atoms with Crippen molar-refractivity contribution in [3.8, 4) is 0 Å². The molecular weight excluding hydrogens is 202 g/mol. The van der Waals surface area contributed by atoms with Crippen molar-refractivity contribution in [1.82, 2.24) is 10.6 Å². The normalized spacial score (nSPS) is 29.4. The molecule has 13 heavy (non-hydrogen) atoms. The molecule has 5 N–H and O–H groups in total. The Morgan fingerprint density at radius 3 is 2.38 bits per heavy atom. The monoisotopic (exact) mass is 209 g/mol. The Morgan fingerprint density at radius 2 is 1.92 bits per heavy atom. The van der Waals surface area contributed by atoms with Crippen molar-refractivity contribution >= 4 is 22.1 Å². The van der Waals surface area contributed by atoms with E-state index in [9.17, 15) is 18.0 Å². The number of urea groups is 1. The van der Waals surface area contributed by atoms with Crippen LogP contribution in [0.25, 0.3) is 0 Å². The van der Waals surface area contributed by atoms with Crippen LogP contribution in [-0.4, -0.2) is 36.3 Å². The highest BCUT2D eigenvalue weighted by molar-refractivity contribution is 7.86. The Kier molecular flexibility index (Phi) is 2.24. The van der Waals surface area contributed by atoms with Gasteiger partial charge in [0.1, 0.15) is 6.04 Å². The summed E-state index contributed by atoms with van der Waals surface area (Å²) >= 11 is 0. The number of hydrogen-bond donors (Lipinski definition) is 4. The van der Waals surface area contributed by atoms with Gasteiger partial charge in [0.05, 0.1) is 0 Å². The second-order valence-corrected chi connectivity index (χ2v) is 3.96. The minimum Gasteiger partial charge on any atom is -0.317 e. The lowest BCUT2D eigenvalue weighted by Crippen LogP contribution is -2.66. The molecule has 0 aliphatic carbocycles. The largest absolute Gasteiger partial charge is 0.322 e. The summed E-state index contributed by atoms with van der Waals surface area (Å²) in [5, 5.41) is 1.76. The van der Waals surface area contributed by atoms with Gasteiger partial charge >= 0.3 is 6.03 Å². The summed E-state index contributed by atoms with van der Waals surface area (Å²) < 4.78 is 29.7. The van der Waals surface area contributed by atoms with Gasteiger partial charge in [0.15, 0.2) is 5.37 Å². The van der Waals surface area contributed by atoms with E-state index in [0.717, 1.165) is 0 Å². The maximum Gasteiger partial charge on any atom is 0.322 e. The number of hydrogen-bond acceptors (Lipinski definition) is 5. The Labute approximate surface area is 73.2 Å². The van der Waals surface area contributed by atoms with Crippen LogP contribution in [0.4, 0.5) is 4.79 Å². The molecule has 1 aliphatic rings. The van der Waals surface area contributed by atoms with Gasteiger partial charge in [-0.1, -0.05) is 0 Å². The Bertz CT molecular complexity index is 349. The number of imide groups is 1. The number of nitrogens with one attached hydrogen (secondary N) is 2. The summed E-state index contributed by atoms with van der Waals surface area (Å²) in [6.07, 6.45) is 0. The first-order valence-corrected chi connectivity index (χ1v) is 4.66. The van der Waals surface area contributed by atoms with Gasteiger partial charge in [0, 0.05) is 0 Å². The molecule has 2 atom stereocenters. The maximum atomic E-state index is 10.8. The van der Waals surface area contributed by atoms with Gasteiger partial charge < -0.3 is 11.1 Å². The molecule has 2 unspecified atom stereocenters. The molecule has 1 rings (SSSR count). The summed E-state index contributed by atoms with van der Waals surface area (Å²) in [5.74, 6) is -0.952. The van der Waals surface area contributed by atoms with Crippen molar-refractivity contribution in [2.45, 2.75) is 11.4 Å². The lowest BCUT2D eigenvalue weighted by Gasteiger charge is -2.25. The van der Waals surface area contributed by atoms with Crippen LogP contribution in [0, 0.1) is 0 Å². The average molecular weight is 209 g/mol. The first kappa shape index (κ1) is 9.89. The highest BCUT2D eigenvalue weighted by Gasteiger charge is 2.40. The van der Waals surface area contributed by atoms with E-state index in [4.69, 9.17) is 10.3 Å². The van der Waals surface area contributed by atoms with Crippen LogP contribution >= 0.6 is 0 Å². The third-order valence-corrected chi connectivity index (χ3v) is 2.51. The van der Waals surface area contributed by atoms with Crippen LogP contribution in [0.3, 0.4) is 0 Å². The highest BCUT2D eigenvalue weighted by Crippen LogP contribution is 2.03. The summed E-state index contributed by atoms with van der Waals surface area (Å²) in [7, 11) is -4.56. The molecule has 1 heterocycles. The Morgan fingerprint density at radius 1 is 1.38 bits per heavy atom. The number of amides is 3. The zero-order valence-electron chi connectivity index (χ0n) is 6.22. The van der Waals surface area contributed by atoms with Gasteiger partial charge in [-0.05, 0) is 0 Å². The standard InChI is InChI=1S/C4H7N3O5S/c5-1-2(8)6-4(9)7-3(1)13(10,11)12/h1,3H,5H2,(H,10,11,12)(H2,6,7,8,9). The van der Waals surface area contributed by atoms with Crippen LogP contribution in [0.2, 0.25) is 0 Å². The molecule has 8 nitrogen and oxygen atoms in total. The van der Waals surface area contributed by atoms with Gasteiger partial charge in [0.25, 0.3) is 10.1 Å². The SMILES string of the molecule is NC1C(=O)NC(=O)NC1S(=O)(=O)O. The number of rotatable bonds is 1. The molecule has 0 aromatic carbocycles. The average Bonchev–Trinajstić information content (AvgIpc) is 1.94. The van der Waals surface area contributed by atoms with Crippen molar-refractivity contribution < 1.29 is 22.6 Å². The number of nitrogens with two attached hydrogens (primary N) is 1. The van der Waals surface area contributed by atoms with Gasteiger partial charge in [-0.15, -0.1) is 0 Å². The first-order valence-electron chi connectivity index (χ1n) is 3.15. The fourth-order valence-corrected chi connectivity index (χ4v) is 1.60. The van der Waals surface area contributed by atoms with Crippen LogP contribution in [0.15, 0.2) is 0 Å². The van der Waals surface area contributed by atoms with E-state index in [1.807, 2.05) is 0 Å². The van der Waals surface area contributed by atoms with E-state index in [-0.39, 0.29) is 0 Å². The van der Waals surface area contributed by atoms with Gasteiger partial charge in [-0.3, -0.25) is 14.7 Å². The molecule has 0 spiro atoms. The molecule has 9 heteroatoms. The van der Waals surface area contributed by atoms with E-state index < -0.39 is 33.5 Å². The van der Waals surface area contributed by atoms with Crippen molar-refractivity contribution in [2.75, 3.05) is 0 Å². The van der Waals surface area contributed by atoms with Crippen LogP contribution < -0.4 is 16.4 Å². The van der Waals surface area contributed by atoms with E-state index in [1.165, 1.54) is 0 Å². The quantitative estimate of drug-likeness (QED) is 0.348. The van der Waals surface area contributed by atoms with Crippen molar-refractivity contribution in [1.29, 1.82) is 0 Å². The fourth-order valence-electron chi connectivity index (χ4n) is 0.848. The van der Waals surface area contributed by atoms with Crippen LogP contribution in [0.1, 0.15) is 0 Å². The van der Waals surface area contributed by atoms with Crippen LogP contribution in [0.5, 0.6) is 0 Å². The smallest absolute Gasteiger partial charge is 0.317 e. The number of carbonyl (C=O) groups excluding carboxylic acids is 2. The van der Waals surface area contributed by atoms with E-state index in [1.54, 1.807) is 10.6 Å². The third kappa shape index (κ3) is 1.94. The third-order valence-electron chi connectivity index (χ3n) is 1.46. The minimum absolute atomic E-state index is 0.952. The van der Waals surface area contributed by atoms with Crippen molar-refractivity contribution in [3.63, 3.8) is 0 Å².